The molecule has 0 radical (unpaired) electrons. The van der Waals surface area contributed by atoms with Crippen LogP contribution in [-0.2, 0) is 9.53 Å². The molecule has 1 saturated carbocycles. The molecule has 1 aliphatic carbocycles. The average Bonchev–Trinajstić information content (AvgIpc) is 2.94. The zero-order valence-electron chi connectivity index (χ0n) is 11.3. The molecule has 19 heavy (non-hydrogen) atoms. The Morgan fingerprint density at radius 2 is 2.42 bits per heavy atom. The van der Waals surface area contributed by atoms with E-state index in [0.717, 1.165) is 18.2 Å². The number of aromatic amines is 1. The van der Waals surface area contributed by atoms with E-state index >= 15 is 0 Å². The molecule has 0 spiro atoms. The van der Waals surface area contributed by atoms with Crippen LogP contribution in [0.25, 0.3) is 0 Å². The highest BCUT2D eigenvalue weighted by atomic mass is 16.5. The Kier molecular flexibility index (Phi) is 3.28. The minimum absolute atomic E-state index is 0.117. The maximum atomic E-state index is 12.1. The maximum absolute atomic E-state index is 12.1. The van der Waals surface area contributed by atoms with Gasteiger partial charge in [-0.3, -0.25) is 9.89 Å². The summed E-state index contributed by atoms with van der Waals surface area (Å²) in [6.45, 7) is 4.31. The highest BCUT2D eigenvalue weighted by molar-refractivity contribution is 5.93. The Bertz CT molecular complexity index is 473. The van der Waals surface area contributed by atoms with Crippen molar-refractivity contribution in [2.24, 2.45) is 5.92 Å². The molecule has 2 N–H and O–H groups in total. The van der Waals surface area contributed by atoms with Crippen LogP contribution in [0.2, 0.25) is 0 Å². The summed E-state index contributed by atoms with van der Waals surface area (Å²) >= 11 is 0. The molecule has 0 bridgehead atoms. The molecule has 1 amide bonds. The molecule has 104 valence electrons. The predicted octanol–water partition coefficient (Wildman–Crippen LogP) is 0.802. The minimum atomic E-state index is -0.404. The molecule has 2 heterocycles. The van der Waals surface area contributed by atoms with Gasteiger partial charge in [-0.05, 0) is 19.4 Å². The lowest BCUT2D eigenvalue weighted by Gasteiger charge is -2.28. The number of anilines is 1. The second-order valence-electron chi connectivity index (χ2n) is 5.64. The first-order valence-electron chi connectivity index (χ1n) is 6.80. The molecule has 2 aliphatic rings. The van der Waals surface area contributed by atoms with E-state index < -0.39 is 6.10 Å². The first kappa shape index (κ1) is 12.6. The Hall–Kier alpha value is -1.40. The minimum Gasteiger partial charge on any atom is -0.366 e. The molecule has 1 saturated heterocycles. The zero-order chi connectivity index (χ0) is 13.4. The van der Waals surface area contributed by atoms with Crippen LogP contribution in [-0.4, -0.2) is 53.9 Å². The summed E-state index contributed by atoms with van der Waals surface area (Å²) in [5, 5.41) is 9.96. The van der Waals surface area contributed by atoms with Crippen LogP contribution in [0.3, 0.4) is 0 Å². The van der Waals surface area contributed by atoms with Gasteiger partial charge in [-0.25, -0.2) is 0 Å². The molecular formula is C13H20N4O2. The van der Waals surface area contributed by atoms with Crippen LogP contribution in [0.4, 0.5) is 5.82 Å². The van der Waals surface area contributed by atoms with E-state index in [1.54, 1.807) is 0 Å². The molecule has 0 aromatic carbocycles. The third kappa shape index (κ3) is 2.79. The fourth-order valence-electron chi connectivity index (χ4n) is 2.49. The number of hydrogen-bond donors (Lipinski definition) is 2. The van der Waals surface area contributed by atoms with Gasteiger partial charge < -0.3 is 15.0 Å². The van der Waals surface area contributed by atoms with Crippen molar-refractivity contribution in [3.8, 4) is 0 Å². The summed E-state index contributed by atoms with van der Waals surface area (Å²) in [6.07, 6.45) is 0.797. The first-order valence-corrected chi connectivity index (χ1v) is 6.80. The summed E-state index contributed by atoms with van der Waals surface area (Å²) in [5.41, 5.74) is 1.12. The van der Waals surface area contributed by atoms with Crippen molar-refractivity contribution in [2.45, 2.75) is 25.4 Å². The lowest BCUT2D eigenvalue weighted by atomic mass is 10.2. The molecule has 1 aliphatic heterocycles. The number of carbonyl (C=O) groups is 1. The molecule has 3 unspecified atom stereocenters. The van der Waals surface area contributed by atoms with Gasteiger partial charge in [0.1, 0.15) is 6.10 Å². The van der Waals surface area contributed by atoms with Crippen molar-refractivity contribution in [2.75, 3.05) is 32.1 Å². The third-order valence-corrected chi connectivity index (χ3v) is 3.92. The zero-order valence-corrected chi connectivity index (χ0v) is 11.3. The van der Waals surface area contributed by atoms with Gasteiger partial charge in [-0.1, -0.05) is 6.92 Å². The molecule has 6 heteroatoms. The largest absolute Gasteiger partial charge is 0.366 e. The lowest BCUT2D eigenvalue weighted by Crippen LogP contribution is -2.46. The van der Waals surface area contributed by atoms with Crippen LogP contribution in [0.5, 0.6) is 0 Å². The van der Waals surface area contributed by atoms with E-state index in [2.05, 4.69) is 27.3 Å². The number of rotatable bonds is 3. The van der Waals surface area contributed by atoms with Crippen molar-refractivity contribution in [3.05, 3.63) is 11.8 Å². The SMILES string of the molecule is CC1CC1c1cc(NC(=O)C2CN(C)CCO2)n[nH]1. The highest BCUT2D eigenvalue weighted by Gasteiger charge is 2.35. The van der Waals surface area contributed by atoms with Crippen LogP contribution in [0.15, 0.2) is 6.07 Å². The predicted molar refractivity (Wildman–Crippen MR) is 71.0 cm³/mol. The van der Waals surface area contributed by atoms with Gasteiger partial charge in [0.05, 0.1) is 6.61 Å². The number of morpholine rings is 1. The summed E-state index contributed by atoms with van der Waals surface area (Å²) in [4.78, 5) is 14.1. The van der Waals surface area contributed by atoms with Crippen LogP contribution < -0.4 is 5.32 Å². The van der Waals surface area contributed by atoms with E-state index in [-0.39, 0.29) is 5.91 Å². The van der Waals surface area contributed by atoms with Gasteiger partial charge in [0.15, 0.2) is 5.82 Å². The number of aromatic nitrogens is 2. The molecule has 3 atom stereocenters. The van der Waals surface area contributed by atoms with Gasteiger partial charge in [-0.15, -0.1) is 0 Å². The van der Waals surface area contributed by atoms with Crippen molar-refractivity contribution in [1.82, 2.24) is 15.1 Å². The number of likely N-dealkylation sites (N-methyl/N-ethyl adjacent to an activating group) is 1. The van der Waals surface area contributed by atoms with Crippen molar-refractivity contribution >= 4 is 11.7 Å². The fourth-order valence-corrected chi connectivity index (χ4v) is 2.49. The van der Waals surface area contributed by atoms with E-state index in [1.807, 2.05) is 13.1 Å². The molecular weight excluding hydrogens is 244 g/mol. The number of amides is 1. The topological polar surface area (TPSA) is 70.2 Å². The van der Waals surface area contributed by atoms with E-state index in [0.29, 0.717) is 24.9 Å². The number of ether oxygens (including phenoxy) is 1. The van der Waals surface area contributed by atoms with Crippen LogP contribution in [0.1, 0.15) is 25.0 Å². The highest BCUT2D eigenvalue weighted by Crippen LogP contribution is 2.46. The molecule has 3 rings (SSSR count). The summed E-state index contributed by atoms with van der Waals surface area (Å²) < 4.78 is 5.47. The van der Waals surface area contributed by atoms with Gasteiger partial charge in [0.25, 0.3) is 5.91 Å². The first-order chi connectivity index (χ1) is 9.13. The molecule has 1 aromatic rings. The fraction of sp³-hybridized carbons (Fsp3) is 0.692. The van der Waals surface area contributed by atoms with E-state index in [9.17, 15) is 4.79 Å². The van der Waals surface area contributed by atoms with Crippen LogP contribution >= 0.6 is 0 Å². The smallest absolute Gasteiger partial charge is 0.256 e. The summed E-state index contributed by atoms with van der Waals surface area (Å²) in [6, 6.07) is 1.93. The van der Waals surface area contributed by atoms with Gasteiger partial charge in [0, 0.05) is 30.8 Å². The van der Waals surface area contributed by atoms with Crippen molar-refractivity contribution < 1.29 is 9.53 Å². The quantitative estimate of drug-likeness (QED) is 0.847. The van der Waals surface area contributed by atoms with Crippen LogP contribution in [0, 0.1) is 5.92 Å². The van der Waals surface area contributed by atoms with Crippen molar-refractivity contribution in [3.63, 3.8) is 0 Å². The van der Waals surface area contributed by atoms with Crippen molar-refractivity contribution in [1.29, 1.82) is 0 Å². The summed E-state index contributed by atoms with van der Waals surface area (Å²) in [5.74, 6) is 1.78. The van der Waals surface area contributed by atoms with Gasteiger partial charge >= 0.3 is 0 Å². The maximum Gasteiger partial charge on any atom is 0.256 e. The number of nitrogens with zero attached hydrogens (tertiary/aromatic N) is 2. The average molecular weight is 264 g/mol. The lowest BCUT2D eigenvalue weighted by molar-refractivity contribution is -0.132. The number of carbonyl (C=O) groups excluding carboxylic acids is 1. The van der Waals surface area contributed by atoms with Gasteiger partial charge in [0.2, 0.25) is 0 Å². The monoisotopic (exact) mass is 264 g/mol. The standard InChI is InChI=1S/C13H20N4O2/c1-8-5-9(8)10-6-12(16-15-10)14-13(18)11-7-17(2)3-4-19-11/h6,8-9,11H,3-5,7H2,1-2H3,(H2,14,15,16,18). The second kappa shape index (κ2) is 4.94. The third-order valence-electron chi connectivity index (χ3n) is 3.92. The molecule has 2 fully saturated rings. The summed E-state index contributed by atoms with van der Waals surface area (Å²) in [7, 11) is 1.99. The van der Waals surface area contributed by atoms with E-state index in [1.165, 1.54) is 6.42 Å². The molecule has 6 nitrogen and oxygen atoms in total. The Morgan fingerprint density at radius 1 is 1.63 bits per heavy atom. The van der Waals surface area contributed by atoms with Gasteiger partial charge in [-0.2, -0.15) is 5.10 Å². The Morgan fingerprint density at radius 3 is 3.11 bits per heavy atom. The number of hydrogen-bond acceptors (Lipinski definition) is 4. The van der Waals surface area contributed by atoms with E-state index in [4.69, 9.17) is 4.74 Å². The Labute approximate surface area is 112 Å². The normalized spacial score (nSPS) is 31.2. The number of nitrogens with one attached hydrogen (secondary N) is 2. The molecule has 1 aromatic heterocycles. The second-order valence-corrected chi connectivity index (χ2v) is 5.64. The Balaban J connectivity index is 1.58. The number of H-pyrrole nitrogens is 1.